The van der Waals surface area contributed by atoms with E-state index in [-0.39, 0.29) is 0 Å². The third-order valence-electron chi connectivity index (χ3n) is 9.55. The normalized spacial score (nSPS) is 14.3. The van der Waals surface area contributed by atoms with E-state index >= 15 is 0 Å². The zero-order valence-corrected chi connectivity index (χ0v) is 29.9. The van der Waals surface area contributed by atoms with E-state index in [4.69, 9.17) is 9.97 Å². The highest BCUT2D eigenvalue weighted by atomic mass is 32.1. The number of nitrogens with zero attached hydrogens (tertiary/aromatic N) is 2. The van der Waals surface area contributed by atoms with Crippen LogP contribution in [0, 0.1) is 0 Å². The largest absolute Gasteiger partial charge is 0.236 e. The minimum atomic E-state index is -2.29. The van der Waals surface area contributed by atoms with Gasteiger partial charge >= 0.3 is 0 Å². The van der Waals surface area contributed by atoms with Crippen LogP contribution >= 0.6 is 22.7 Å². The van der Waals surface area contributed by atoms with Crippen LogP contribution < -0.4 is 0 Å². The minimum absolute atomic E-state index is 1.06. The molecule has 6 aromatic carbocycles. The number of benzene rings is 6. The van der Waals surface area contributed by atoms with Gasteiger partial charge in [0.15, 0.2) is 0 Å². The van der Waals surface area contributed by atoms with Gasteiger partial charge in [-0.2, -0.15) is 0 Å². The Hall–Kier alpha value is -5.20. The second-order valence-electron chi connectivity index (χ2n) is 13.0. The molecule has 0 aliphatic carbocycles. The van der Waals surface area contributed by atoms with Crippen LogP contribution in [0.15, 0.2) is 158 Å². The van der Waals surface area contributed by atoms with E-state index in [9.17, 15) is 0 Å². The predicted octanol–water partition coefficient (Wildman–Crippen LogP) is 12.6. The highest BCUT2D eigenvalue weighted by molar-refractivity contribution is 7.22. The van der Waals surface area contributed by atoms with E-state index in [1.165, 1.54) is 53.2 Å². The standard InChI is InChI=1S/C44H32N2S2Si/c1-49(2)41(31-21-25-33(26-22-31)43-45-35-17-9-11-19-37(35)47-43)39(29-13-5-3-6-14-29)40(30-15-7-4-8-16-30)42(49)32-23-27-34(28-24-32)44-46-36-18-10-12-20-38(36)48-44/h3-28H,1-2H3. The number of para-hydroxylation sites is 2. The molecule has 9 rings (SSSR count). The number of thiazole rings is 2. The fourth-order valence-electron chi connectivity index (χ4n) is 7.35. The zero-order chi connectivity index (χ0) is 33.0. The van der Waals surface area contributed by atoms with Crippen molar-refractivity contribution in [2.75, 3.05) is 0 Å². The molecule has 234 valence electrons. The smallest absolute Gasteiger partial charge is 0.124 e. The molecule has 5 heteroatoms. The van der Waals surface area contributed by atoms with Gasteiger partial charge in [-0.3, -0.25) is 0 Å². The Labute approximate surface area is 295 Å². The quantitative estimate of drug-likeness (QED) is 0.163. The van der Waals surface area contributed by atoms with Crippen molar-refractivity contribution in [1.29, 1.82) is 0 Å². The SMILES string of the molecule is C[Si]1(C)C(c2ccc(-c3nc4ccccc4s3)cc2)=C(c2ccccc2)C(c2ccccc2)=C1c1ccc(-c2nc3ccccc3s2)cc1. The summed E-state index contributed by atoms with van der Waals surface area (Å²) in [5, 5.41) is 5.06. The van der Waals surface area contributed by atoms with Gasteiger partial charge in [-0.15, -0.1) is 22.7 Å². The molecule has 3 heterocycles. The van der Waals surface area contributed by atoms with Crippen molar-refractivity contribution >= 4 is 72.7 Å². The molecule has 8 aromatic rings. The third kappa shape index (κ3) is 5.22. The van der Waals surface area contributed by atoms with Crippen molar-refractivity contribution in [2.24, 2.45) is 0 Å². The van der Waals surface area contributed by atoms with Crippen LogP contribution in [-0.4, -0.2) is 18.0 Å². The highest BCUT2D eigenvalue weighted by Gasteiger charge is 2.43. The van der Waals surface area contributed by atoms with Gasteiger partial charge in [0.05, 0.1) is 20.4 Å². The molecule has 2 nitrogen and oxygen atoms in total. The monoisotopic (exact) mass is 680 g/mol. The minimum Gasteiger partial charge on any atom is -0.236 e. The summed E-state index contributed by atoms with van der Waals surface area (Å²) in [5.74, 6) is 0. The second-order valence-corrected chi connectivity index (χ2v) is 19.3. The van der Waals surface area contributed by atoms with Gasteiger partial charge in [0, 0.05) is 11.1 Å². The van der Waals surface area contributed by atoms with Crippen LogP contribution in [0.2, 0.25) is 13.1 Å². The molecule has 49 heavy (non-hydrogen) atoms. The Morgan fingerprint density at radius 2 is 0.714 bits per heavy atom. The summed E-state index contributed by atoms with van der Waals surface area (Å²) in [6, 6.07) is 57.1. The first kappa shape index (κ1) is 29.9. The molecule has 0 amide bonds. The molecule has 0 fully saturated rings. The average Bonchev–Trinajstić information content (AvgIpc) is 3.85. The van der Waals surface area contributed by atoms with Crippen molar-refractivity contribution in [3.05, 3.63) is 180 Å². The van der Waals surface area contributed by atoms with Gasteiger partial charge < -0.3 is 0 Å². The Morgan fingerprint density at radius 3 is 1.10 bits per heavy atom. The molecule has 0 saturated carbocycles. The molecular formula is C44H32N2S2Si. The maximum atomic E-state index is 4.95. The molecular weight excluding hydrogens is 649 g/mol. The van der Waals surface area contributed by atoms with Crippen LogP contribution in [-0.2, 0) is 0 Å². The van der Waals surface area contributed by atoms with Crippen LogP contribution in [0.5, 0.6) is 0 Å². The Balaban J connectivity index is 1.21. The summed E-state index contributed by atoms with van der Waals surface area (Å²) in [6.07, 6.45) is 0. The summed E-state index contributed by atoms with van der Waals surface area (Å²) >= 11 is 3.51. The van der Waals surface area contributed by atoms with Gasteiger partial charge in [0.25, 0.3) is 0 Å². The van der Waals surface area contributed by atoms with Crippen molar-refractivity contribution in [3.63, 3.8) is 0 Å². The van der Waals surface area contributed by atoms with Crippen molar-refractivity contribution in [1.82, 2.24) is 9.97 Å². The van der Waals surface area contributed by atoms with Gasteiger partial charge in [0.2, 0.25) is 0 Å². The number of allylic oxidation sites excluding steroid dienone is 2. The summed E-state index contributed by atoms with van der Waals surface area (Å²) < 4.78 is 2.44. The van der Waals surface area contributed by atoms with Crippen molar-refractivity contribution in [2.45, 2.75) is 13.1 Å². The summed E-state index contributed by atoms with van der Waals surface area (Å²) in [4.78, 5) is 9.90. The van der Waals surface area contributed by atoms with E-state index in [0.717, 1.165) is 32.2 Å². The lowest BCUT2D eigenvalue weighted by Crippen LogP contribution is -2.28. The van der Waals surface area contributed by atoms with Gasteiger partial charge in [-0.1, -0.05) is 147 Å². The van der Waals surface area contributed by atoms with Gasteiger partial charge in [-0.05, 0) is 68.1 Å². The summed E-state index contributed by atoms with van der Waals surface area (Å²) in [6.45, 7) is 5.05. The molecule has 0 spiro atoms. The molecule has 1 aliphatic rings. The second kappa shape index (κ2) is 12.0. The van der Waals surface area contributed by atoms with E-state index < -0.39 is 8.07 Å². The third-order valence-corrected chi connectivity index (χ3v) is 15.3. The summed E-state index contributed by atoms with van der Waals surface area (Å²) in [5.41, 5.74) is 12.2. The first-order valence-corrected chi connectivity index (χ1v) is 21.2. The maximum Gasteiger partial charge on any atom is 0.124 e. The molecule has 0 N–H and O–H groups in total. The lowest BCUT2D eigenvalue weighted by Gasteiger charge is -2.26. The first-order chi connectivity index (χ1) is 24.0. The topological polar surface area (TPSA) is 25.8 Å². The van der Waals surface area contributed by atoms with E-state index in [0.29, 0.717) is 0 Å². The van der Waals surface area contributed by atoms with E-state index in [1.54, 1.807) is 22.7 Å². The maximum absolute atomic E-state index is 4.95. The zero-order valence-electron chi connectivity index (χ0n) is 27.2. The first-order valence-electron chi connectivity index (χ1n) is 16.6. The Bertz CT molecular complexity index is 2300. The predicted molar refractivity (Wildman–Crippen MR) is 214 cm³/mol. The number of aromatic nitrogens is 2. The van der Waals surface area contributed by atoms with Crippen molar-refractivity contribution < 1.29 is 0 Å². The lowest BCUT2D eigenvalue weighted by molar-refractivity contribution is 1.47. The Kier molecular flexibility index (Phi) is 7.35. The molecule has 2 aromatic heterocycles. The molecule has 1 aliphatic heterocycles. The fourth-order valence-corrected chi connectivity index (χ4v) is 13.1. The highest BCUT2D eigenvalue weighted by Crippen LogP contribution is 2.55. The Morgan fingerprint density at radius 1 is 0.367 bits per heavy atom. The summed E-state index contributed by atoms with van der Waals surface area (Å²) in [7, 11) is -2.29. The van der Waals surface area contributed by atoms with Crippen molar-refractivity contribution in [3.8, 4) is 21.1 Å². The molecule has 0 radical (unpaired) electrons. The van der Waals surface area contributed by atoms with E-state index in [2.05, 4.69) is 171 Å². The van der Waals surface area contributed by atoms with Crippen LogP contribution in [0.3, 0.4) is 0 Å². The molecule has 0 saturated heterocycles. The number of hydrogen-bond donors (Lipinski definition) is 0. The molecule has 0 bridgehead atoms. The average molecular weight is 681 g/mol. The van der Waals surface area contributed by atoms with Gasteiger partial charge in [0.1, 0.15) is 18.1 Å². The van der Waals surface area contributed by atoms with Crippen LogP contribution in [0.25, 0.3) is 63.1 Å². The van der Waals surface area contributed by atoms with E-state index in [1.807, 2.05) is 0 Å². The molecule has 0 unspecified atom stereocenters. The number of hydrogen-bond acceptors (Lipinski definition) is 4. The lowest BCUT2D eigenvalue weighted by atomic mass is 9.89. The fraction of sp³-hybridized carbons (Fsp3) is 0.0455. The van der Waals surface area contributed by atoms with Crippen LogP contribution in [0.1, 0.15) is 22.3 Å². The number of rotatable bonds is 6. The van der Waals surface area contributed by atoms with Crippen LogP contribution in [0.4, 0.5) is 0 Å². The van der Waals surface area contributed by atoms with Gasteiger partial charge in [-0.25, -0.2) is 9.97 Å². The number of fused-ring (bicyclic) bond motifs is 2. The molecule has 0 atom stereocenters.